The number of ether oxygens (including phenoxy) is 1. The monoisotopic (exact) mass is 315 g/mol. The number of carbonyl (C=O) groups excluding carboxylic acids is 3. The molecule has 1 saturated heterocycles. The topological polar surface area (TPSA) is 72.5 Å². The van der Waals surface area contributed by atoms with Crippen molar-refractivity contribution in [3.63, 3.8) is 0 Å². The number of benzene rings is 1. The van der Waals surface area contributed by atoms with E-state index in [1.165, 1.54) is 19.1 Å². The predicted octanol–water partition coefficient (Wildman–Crippen LogP) is 1.77. The number of carbonyl (C=O) groups is 3. The number of nitrogens with one attached hydrogen (secondary N) is 1. The Morgan fingerprint density at radius 2 is 1.86 bits per heavy atom. The van der Waals surface area contributed by atoms with Crippen LogP contribution in [0.15, 0.2) is 24.3 Å². The van der Waals surface area contributed by atoms with E-state index in [0.717, 1.165) is 12.1 Å². The van der Waals surface area contributed by atoms with Crippen LogP contribution in [0.4, 0.5) is 13.2 Å². The van der Waals surface area contributed by atoms with E-state index in [0.29, 0.717) is 5.56 Å². The number of esters is 1. The summed E-state index contributed by atoms with van der Waals surface area (Å²) in [5.74, 6) is -2.87. The Morgan fingerprint density at radius 1 is 1.27 bits per heavy atom. The Balaban J connectivity index is 2.04. The average molecular weight is 315 g/mol. The highest BCUT2D eigenvalue weighted by molar-refractivity contribution is 6.05. The van der Waals surface area contributed by atoms with Crippen molar-refractivity contribution in [3.05, 3.63) is 35.4 Å². The zero-order valence-electron chi connectivity index (χ0n) is 11.4. The SMILES string of the molecule is CC(C(=O)OC1CC(=O)NC1=O)c1ccc(C(F)(F)F)cc1. The molecule has 1 heterocycles. The summed E-state index contributed by atoms with van der Waals surface area (Å²) >= 11 is 0. The molecule has 5 nitrogen and oxygen atoms in total. The van der Waals surface area contributed by atoms with Crippen LogP contribution < -0.4 is 5.32 Å². The first-order chi connectivity index (χ1) is 10.2. The number of amides is 2. The second kappa shape index (κ2) is 5.78. The summed E-state index contributed by atoms with van der Waals surface area (Å²) in [6.07, 6.45) is -5.88. The second-order valence-electron chi connectivity index (χ2n) is 4.88. The van der Waals surface area contributed by atoms with Crippen LogP contribution in [0.5, 0.6) is 0 Å². The molecule has 1 aliphatic rings. The van der Waals surface area contributed by atoms with E-state index in [1.54, 1.807) is 0 Å². The Morgan fingerprint density at radius 3 is 2.32 bits per heavy atom. The molecule has 118 valence electrons. The Hall–Kier alpha value is -2.38. The summed E-state index contributed by atoms with van der Waals surface area (Å²) in [5.41, 5.74) is -0.500. The van der Waals surface area contributed by atoms with Crippen molar-refractivity contribution in [1.29, 1.82) is 0 Å². The maximum atomic E-state index is 12.5. The molecular weight excluding hydrogens is 303 g/mol. The molecule has 0 bridgehead atoms. The largest absolute Gasteiger partial charge is 0.451 e. The molecule has 22 heavy (non-hydrogen) atoms. The Bertz CT molecular complexity index is 610. The molecular formula is C14H12F3NO4. The molecule has 1 aliphatic heterocycles. The van der Waals surface area contributed by atoms with E-state index in [-0.39, 0.29) is 6.42 Å². The molecule has 0 radical (unpaired) electrons. The molecule has 1 N–H and O–H groups in total. The lowest BCUT2D eigenvalue weighted by Gasteiger charge is -2.15. The normalized spacial score (nSPS) is 19.7. The minimum absolute atomic E-state index is 0.246. The van der Waals surface area contributed by atoms with Gasteiger partial charge >= 0.3 is 12.1 Å². The van der Waals surface area contributed by atoms with Crippen LogP contribution in [-0.2, 0) is 25.3 Å². The summed E-state index contributed by atoms with van der Waals surface area (Å²) in [6.45, 7) is 1.44. The van der Waals surface area contributed by atoms with E-state index in [9.17, 15) is 27.6 Å². The van der Waals surface area contributed by atoms with Crippen molar-refractivity contribution in [2.45, 2.75) is 31.5 Å². The second-order valence-corrected chi connectivity index (χ2v) is 4.88. The average Bonchev–Trinajstić information content (AvgIpc) is 2.75. The maximum absolute atomic E-state index is 12.5. The highest BCUT2D eigenvalue weighted by Gasteiger charge is 2.35. The highest BCUT2D eigenvalue weighted by Crippen LogP contribution is 2.30. The van der Waals surface area contributed by atoms with E-state index >= 15 is 0 Å². The fourth-order valence-corrected chi connectivity index (χ4v) is 1.96. The fraction of sp³-hybridized carbons (Fsp3) is 0.357. The van der Waals surface area contributed by atoms with Crippen LogP contribution in [0, 0.1) is 0 Å². The van der Waals surface area contributed by atoms with Crippen molar-refractivity contribution in [1.82, 2.24) is 5.32 Å². The minimum Gasteiger partial charge on any atom is -0.451 e. The molecule has 0 spiro atoms. The van der Waals surface area contributed by atoms with Gasteiger partial charge in [-0.1, -0.05) is 12.1 Å². The number of imide groups is 1. The number of halogens is 3. The lowest BCUT2D eigenvalue weighted by molar-refractivity contribution is -0.155. The molecule has 1 aromatic carbocycles. The zero-order chi connectivity index (χ0) is 16.5. The van der Waals surface area contributed by atoms with Crippen LogP contribution in [0.3, 0.4) is 0 Å². The van der Waals surface area contributed by atoms with Gasteiger partial charge in [0.1, 0.15) is 0 Å². The standard InChI is InChI=1S/C14H12F3NO4/c1-7(8-2-4-9(5-3-8)14(15,16)17)13(21)22-10-6-11(19)18-12(10)20/h2-5,7,10H,6H2,1H3,(H,18,19,20). The third-order valence-electron chi connectivity index (χ3n) is 3.28. The number of hydrogen-bond acceptors (Lipinski definition) is 4. The van der Waals surface area contributed by atoms with Crippen molar-refractivity contribution < 1.29 is 32.3 Å². The van der Waals surface area contributed by atoms with Gasteiger partial charge in [-0.25, -0.2) is 0 Å². The van der Waals surface area contributed by atoms with Crippen molar-refractivity contribution in [2.24, 2.45) is 0 Å². The first-order valence-corrected chi connectivity index (χ1v) is 6.40. The van der Waals surface area contributed by atoms with Gasteiger partial charge in [0.15, 0.2) is 6.10 Å². The van der Waals surface area contributed by atoms with E-state index < -0.39 is 41.5 Å². The summed E-state index contributed by atoms with van der Waals surface area (Å²) in [6, 6.07) is 4.08. The van der Waals surface area contributed by atoms with Crippen LogP contribution in [0.1, 0.15) is 30.4 Å². The molecule has 2 unspecified atom stereocenters. The quantitative estimate of drug-likeness (QED) is 0.681. The molecule has 2 atom stereocenters. The van der Waals surface area contributed by atoms with Gasteiger partial charge in [-0.3, -0.25) is 19.7 Å². The number of alkyl halides is 3. The van der Waals surface area contributed by atoms with Gasteiger partial charge in [-0.15, -0.1) is 0 Å². The molecule has 1 fully saturated rings. The van der Waals surface area contributed by atoms with E-state index in [2.05, 4.69) is 0 Å². The number of hydrogen-bond donors (Lipinski definition) is 1. The van der Waals surface area contributed by atoms with Crippen molar-refractivity contribution in [3.8, 4) is 0 Å². The fourth-order valence-electron chi connectivity index (χ4n) is 1.96. The third-order valence-corrected chi connectivity index (χ3v) is 3.28. The lowest BCUT2D eigenvalue weighted by atomic mass is 10.00. The molecule has 1 aromatic rings. The highest BCUT2D eigenvalue weighted by atomic mass is 19.4. The van der Waals surface area contributed by atoms with Crippen molar-refractivity contribution >= 4 is 17.8 Å². The summed E-state index contributed by atoms with van der Waals surface area (Å²) in [7, 11) is 0. The van der Waals surface area contributed by atoms with Gasteiger partial charge in [0.05, 0.1) is 17.9 Å². The predicted molar refractivity (Wildman–Crippen MR) is 67.5 cm³/mol. The van der Waals surface area contributed by atoms with Crippen LogP contribution >= 0.6 is 0 Å². The van der Waals surface area contributed by atoms with Crippen LogP contribution in [0.25, 0.3) is 0 Å². The molecule has 2 amide bonds. The van der Waals surface area contributed by atoms with E-state index in [1.807, 2.05) is 5.32 Å². The Labute approximate surface area is 123 Å². The summed E-state index contributed by atoms with van der Waals surface area (Å²) in [4.78, 5) is 34.2. The first kappa shape index (κ1) is 16.0. The van der Waals surface area contributed by atoms with Gasteiger partial charge in [0.25, 0.3) is 5.91 Å². The smallest absolute Gasteiger partial charge is 0.416 e. The van der Waals surface area contributed by atoms with Gasteiger partial charge in [0.2, 0.25) is 5.91 Å². The third kappa shape index (κ3) is 3.44. The molecule has 0 saturated carbocycles. The van der Waals surface area contributed by atoms with Crippen LogP contribution in [-0.4, -0.2) is 23.9 Å². The summed E-state index contributed by atoms with van der Waals surface area (Å²) < 4.78 is 42.3. The minimum atomic E-state index is -4.45. The summed E-state index contributed by atoms with van der Waals surface area (Å²) in [5, 5.41) is 1.99. The lowest BCUT2D eigenvalue weighted by Crippen LogP contribution is -2.29. The van der Waals surface area contributed by atoms with Crippen molar-refractivity contribution in [2.75, 3.05) is 0 Å². The van der Waals surface area contributed by atoms with Crippen LogP contribution in [0.2, 0.25) is 0 Å². The molecule has 0 aromatic heterocycles. The van der Waals surface area contributed by atoms with E-state index in [4.69, 9.17) is 4.74 Å². The molecule has 2 rings (SSSR count). The zero-order valence-corrected chi connectivity index (χ0v) is 11.4. The Kier molecular flexibility index (Phi) is 4.20. The van der Waals surface area contributed by atoms with Gasteiger partial charge in [-0.2, -0.15) is 13.2 Å². The number of rotatable bonds is 3. The maximum Gasteiger partial charge on any atom is 0.416 e. The van der Waals surface area contributed by atoms with Gasteiger partial charge < -0.3 is 4.74 Å². The molecule has 8 heteroatoms. The van der Waals surface area contributed by atoms with Gasteiger partial charge in [-0.05, 0) is 24.6 Å². The first-order valence-electron chi connectivity index (χ1n) is 6.40. The molecule has 0 aliphatic carbocycles. The van der Waals surface area contributed by atoms with Gasteiger partial charge in [0, 0.05) is 0 Å².